The fraction of sp³-hybridized carbons (Fsp3) is 0.385. The average Bonchev–Trinajstić information content (AvgIpc) is 3.97. The molecule has 0 saturated heterocycles. The second kappa shape index (κ2) is 20.7. The van der Waals surface area contributed by atoms with Gasteiger partial charge in [0.05, 0.1) is 30.8 Å². The van der Waals surface area contributed by atoms with Gasteiger partial charge in [-0.2, -0.15) is 5.48 Å². The van der Waals surface area contributed by atoms with Gasteiger partial charge in [0.2, 0.25) is 0 Å². The summed E-state index contributed by atoms with van der Waals surface area (Å²) >= 11 is 3.37. The number of aliphatic imine (C=N–C) groups is 2. The van der Waals surface area contributed by atoms with Crippen molar-refractivity contribution in [2.45, 2.75) is 119 Å². The molecule has 2 atom stereocenters. The number of nitrogens with zero attached hydrogens (tertiary/aromatic N) is 8. The van der Waals surface area contributed by atoms with Crippen LogP contribution in [0.1, 0.15) is 144 Å². The smallest absolute Gasteiger partial charge is 0.308 e. The Balaban J connectivity index is 0.000000204. The molecule has 6 aromatic rings. The first-order valence-corrected chi connectivity index (χ1v) is 24.4. The molecule has 0 radical (unpaired) electrons. The average molecular weight is 969 g/mol. The Hall–Kier alpha value is -6.42. The number of hydrogen-bond acceptors (Lipinski definition) is 15. The summed E-state index contributed by atoms with van der Waals surface area (Å²) in [6.07, 6.45) is 4.07. The first kappa shape index (κ1) is 50.5. The van der Waals surface area contributed by atoms with Gasteiger partial charge in [-0.3, -0.25) is 28.7 Å². The summed E-state index contributed by atoms with van der Waals surface area (Å²) in [5.41, 5.74) is 16.3. The Morgan fingerprint density at radius 3 is 1.55 bits per heavy atom. The number of nitrogens with one attached hydrogen (secondary N) is 1. The van der Waals surface area contributed by atoms with E-state index in [-0.39, 0.29) is 31.3 Å². The number of esters is 2. The van der Waals surface area contributed by atoms with E-state index >= 15 is 0 Å². The maximum atomic E-state index is 12.8. The lowest BCUT2D eigenvalue weighted by Crippen LogP contribution is -2.25. The summed E-state index contributed by atoms with van der Waals surface area (Å²) in [5.74, 6) is 8.00. The first-order chi connectivity index (χ1) is 32.7. The Kier molecular flexibility index (Phi) is 15.1. The van der Waals surface area contributed by atoms with Crippen LogP contribution in [0.5, 0.6) is 0 Å². The van der Waals surface area contributed by atoms with Gasteiger partial charge in [0.1, 0.15) is 44.9 Å². The molecule has 0 amide bonds. The summed E-state index contributed by atoms with van der Waals surface area (Å²) in [4.78, 5) is 38.3. The van der Waals surface area contributed by atoms with Crippen LogP contribution in [-0.2, 0) is 19.1 Å². The zero-order valence-electron chi connectivity index (χ0n) is 41.3. The molecule has 360 valence electrons. The van der Waals surface area contributed by atoms with Crippen LogP contribution in [0, 0.1) is 53.4 Å². The molecule has 2 aliphatic rings. The largest absolute Gasteiger partial charge is 0.460 e. The van der Waals surface area contributed by atoms with Crippen molar-refractivity contribution >= 4 is 52.1 Å². The molecular formula is C52H60N10O5S2. The summed E-state index contributed by atoms with van der Waals surface area (Å²) in [6.45, 7) is 24.1. The highest BCUT2D eigenvalue weighted by Gasteiger charge is 2.35. The fourth-order valence-corrected chi connectivity index (χ4v) is 10.4. The molecule has 0 spiro atoms. The van der Waals surface area contributed by atoms with Gasteiger partial charge < -0.3 is 20.4 Å². The molecule has 0 bridgehead atoms. The van der Waals surface area contributed by atoms with Gasteiger partial charge >= 0.3 is 11.9 Å². The molecule has 0 aliphatic carbocycles. The van der Waals surface area contributed by atoms with Crippen molar-refractivity contribution in [3.63, 3.8) is 0 Å². The van der Waals surface area contributed by atoms with Crippen LogP contribution in [0.25, 0.3) is 16.1 Å². The maximum Gasteiger partial charge on any atom is 0.308 e. The van der Waals surface area contributed by atoms with Gasteiger partial charge in [-0.15, -0.1) is 43.1 Å². The van der Waals surface area contributed by atoms with Gasteiger partial charge in [-0.05, 0) is 112 Å². The highest BCUT2D eigenvalue weighted by Crippen LogP contribution is 2.41. The van der Waals surface area contributed by atoms with E-state index < -0.39 is 23.3 Å². The van der Waals surface area contributed by atoms with E-state index in [9.17, 15) is 9.59 Å². The van der Waals surface area contributed by atoms with Crippen molar-refractivity contribution in [3.05, 3.63) is 132 Å². The molecule has 8 rings (SSSR count). The van der Waals surface area contributed by atoms with Crippen molar-refractivity contribution in [1.82, 2.24) is 35.0 Å². The number of aromatic nitrogens is 6. The van der Waals surface area contributed by atoms with Crippen LogP contribution >= 0.6 is 22.7 Å². The highest BCUT2D eigenvalue weighted by molar-refractivity contribution is 7.15. The SMILES string of the molecule is Cc1sc2c(c1C)C(c1ccc(/C=C/CN)cc1)=N[C@@H](CC(=O)OC(C)(C)C)c1nnc(C)n1-2.Cc1sc2c(c1C)C(c1ccc(C#CCNO)cc1)=N[C@@H](CC(=O)OC(C)(C)C)c1nnc(C)n1-2. The van der Waals surface area contributed by atoms with E-state index in [0.29, 0.717) is 18.2 Å². The molecule has 4 N–H and O–H groups in total. The van der Waals surface area contributed by atoms with Gasteiger partial charge in [-0.1, -0.05) is 60.4 Å². The number of carbonyl (C=O) groups excluding carboxylic acids is 2. The number of fused-ring (bicyclic) bond motifs is 6. The molecule has 0 saturated carbocycles. The molecule has 69 heavy (non-hydrogen) atoms. The normalized spacial score (nSPS) is 15.2. The van der Waals surface area contributed by atoms with Gasteiger partial charge in [0.25, 0.3) is 0 Å². The summed E-state index contributed by atoms with van der Waals surface area (Å²) in [6, 6.07) is 15.0. The number of hydroxylamine groups is 1. The predicted octanol–water partition coefficient (Wildman–Crippen LogP) is 9.06. The predicted molar refractivity (Wildman–Crippen MR) is 272 cm³/mol. The fourth-order valence-electron chi connectivity index (χ4n) is 7.99. The van der Waals surface area contributed by atoms with Crippen LogP contribution in [-0.4, -0.2) is 82.4 Å². The summed E-state index contributed by atoms with van der Waals surface area (Å²) in [7, 11) is 0. The lowest BCUT2D eigenvalue weighted by Gasteiger charge is -2.21. The lowest BCUT2D eigenvalue weighted by molar-refractivity contribution is -0.156. The zero-order valence-corrected chi connectivity index (χ0v) is 42.9. The minimum Gasteiger partial charge on any atom is -0.460 e. The number of benzene rings is 2. The number of hydrogen-bond donors (Lipinski definition) is 3. The summed E-state index contributed by atoms with van der Waals surface area (Å²) in [5, 5.41) is 28.3. The number of rotatable bonds is 9. The van der Waals surface area contributed by atoms with Crippen LogP contribution in [0.3, 0.4) is 0 Å². The second-order valence-corrected chi connectivity index (χ2v) is 21.3. The number of aryl methyl sites for hydroxylation is 4. The molecule has 6 heterocycles. The van der Waals surface area contributed by atoms with Crippen LogP contribution < -0.4 is 11.2 Å². The van der Waals surface area contributed by atoms with Crippen LogP contribution in [0.4, 0.5) is 0 Å². The van der Waals surface area contributed by atoms with E-state index in [2.05, 4.69) is 84.2 Å². The van der Waals surface area contributed by atoms with Gasteiger partial charge in [0, 0.05) is 44.1 Å². The maximum absolute atomic E-state index is 12.8. The Labute approximate surface area is 411 Å². The van der Waals surface area contributed by atoms with Crippen molar-refractivity contribution in [2.75, 3.05) is 13.1 Å². The topological polar surface area (TPSA) is 197 Å². The Morgan fingerprint density at radius 1 is 0.710 bits per heavy atom. The quantitative estimate of drug-likeness (QED) is 0.0710. The number of thiophene rings is 2. The van der Waals surface area contributed by atoms with Gasteiger partial charge in [-0.25, -0.2) is 0 Å². The van der Waals surface area contributed by atoms with E-state index in [1.807, 2.05) is 106 Å². The number of nitrogens with two attached hydrogens (primary N) is 1. The summed E-state index contributed by atoms with van der Waals surface area (Å²) < 4.78 is 15.3. The Bertz CT molecular complexity index is 3040. The van der Waals surface area contributed by atoms with E-state index in [4.69, 9.17) is 30.4 Å². The minimum atomic E-state index is -0.591. The number of carbonyl (C=O) groups is 2. The van der Waals surface area contributed by atoms with Crippen LogP contribution in [0.15, 0.2) is 64.6 Å². The minimum absolute atomic E-state index is 0.0591. The monoisotopic (exact) mass is 968 g/mol. The molecule has 0 fully saturated rings. The molecule has 17 heteroatoms. The molecule has 15 nitrogen and oxygen atoms in total. The Morgan fingerprint density at radius 2 is 1.14 bits per heavy atom. The van der Waals surface area contributed by atoms with Crippen molar-refractivity contribution in [1.29, 1.82) is 0 Å². The van der Waals surface area contributed by atoms with Crippen molar-refractivity contribution in [3.8, 4) is 21.8 Å². The highest BCUT2D eigenvalue weighted by atomic mass is 32.1. The third-order valence-corrected chi connectivity index (χ3v) is 13.6. The molecule has 4 aromatic heterocycles. The van der Waals surface area contributed by atoms with Crippen LogP contribution in [0.2, 0.25) is 0 Å². The lowest BCUT2D eigenvalue weighted by atomic mass is 9.98. The van der Waals surface area contributed by atoms with E-state index in [0.717, 1.165) is 72.0 Å². The van der Waals surface area contributed by atoms with Gasteiger partial charge in [0.15, 0.2) is 11.6 Å². The molecular weight excluding hydrogens is 909 g/mol. The molecule has 2 aromatic carbocycles. The third kappa shape index (κ3) is 11.4. The number of ether oxygens (including phenoxy) is 2. The molecule has 0 unspecified atom stereocenters. The van der Waals surface area contributed by atoms with Crippen molar-refractivity contribution < 1.29 is 24.3 Å². The standard InChI is InChI=1S/C26H29N5O3S.C26H31N5O2S/c1-15-16(2)35-25-22(15)23(19-11-9-18(10-12-19)8-7-13-27-33)28-20(14-21(32)34-26(4,5)6)24-30-29-17(3)31(24)25;1-15-16(2)34-25-22(15)23(19-11-9-18(10-12-19)8-7-13-27)28-20(14-21(32)33-26(4,5)6)24-30-29-17(3)31(24)25/h9-12,20,27,33H,13-14H2,1-6H3;7-12,20H,13-14,27H2,1-6H3/b;8-7+/t2*20-/m00/s1. The zero-order chi connectivity index (χ0) is 49.9. The molecule has 2 aliphatic heterocycles. The van der Waals surface area contributed by atoms with E-state index in [1.54, 1.807) is 22.7 Å². The van der Waals surface area contributed by atoms with E-state index in [1.165, 1.54) is 15.3 Å². The van der Waals surface area contributed by atoms with Crippen molar-refractivity contribution in [2.24, 2.45) is 15.7 Å². The second-order valence-electron chi connectivity index (χ2n) is 18.9. The first-order valence-electron chi connectivity index (χ1n) is 22.8. The third-order valence-electron chi connectivity index (χ3n) is 11.2.